The lowest BCUT2D eigenvalue weighted by Gasteiger charge is -2.17. The Bertz CT molecular complexity index is 378. The molecule has 94 valence electrons. The highest BCUT2D eigenvalue weighted by atomic mass is 32.2. The molecule has 0 bridgehead atoms. The Morgan fingerprint density at radius 1 is 1.71 bits per heavy atom. The molecule has 0 saturated carbocycles. The summed E-state index contributed by atoms with van der Waals surface area (Å²) in [4.78, 5) is 12.9. The molecule has 0 unspecified atom stereocenters. The van der Waals surface area contributed by atoms with Crippen LogP contribution in [0.1, 0.15) is 0 Å². The van der Waals surface area contributed by atoms with Crippen molar-refractivity contribution in [3.63, 3.8) is 0 Å². The van der Waals surface area contributed by atoms with Gasteiger partial charge in [-0.1, -0.05) is 0 Å². The van der Waals surface area contributed by atoms with Crippen molar-refractivity contribution in [2.45, 2.75) is 0 Å². The van der Waals surface area contributed by atoms with Gasteiger partial charge in [0, 0.05) is 18.6 Å². The molecule has 0 aromatic carbocycles. The van der Waals surface area contributed by atoms with Crippen molar-refractivity contribution in [2.24, 2.45) is 0 Å². The van der Waals surface area contributed by atoms with Crippen LogP contribution in [0.5, 0.6) is 0 Å². The minimum Gasteiger partial charge on any atom is -0.375 e. The first-order valence-electron chi connectivity index (χ1n) is 5.30. The topological polar surface area (TPSA) is 71.5 Å². The normalized spacial score (nSPS) is 15.9. The molecule has 0 atom stereocenters. The van der Waals surface area contributed by atoms with Gasteiger partial charge in [0.1, 0.15) is 6.61 Å². The van der Waals surface area contributed by atoms with Gasteiger partial charge in [0.2, 0.25) is 5.27 Å². The zero-order valence-electron chi connectivity index (χ0n) is 9.59. The van der Waals surface area contributed by atoms with Crippen LogP contribution >= 0.6 is 11.8 Å². The third-order valence-corrected chi connectivity index (χ3v) is 3.21. The number of carbonyl (C=O) groups is 1. The molecule has 1 fully saturated rings. The van der Waals surface area contributed by atoms with Gasteiger partial charge >= 0.3 is 5.88 Å². The fourth-order valence-electron chi connectivity index (χ4n) is 1.49. The first kappa shape index (κ1) is 12.2. The molecule has 1 saturated heterocycles. The van der Waals surface area contributed by atoms with E-state index in [2.05, 4.69) is 15.6 Å². The number of nitrogens with zero attached hydrogens (tertiary/aromatic N) is 3. The van der Waals surface area contributed by atoms with Gasteiger partial charge < -0.3 is 4.74 Å². The van der Waals surface area contributed by atoms with Crippen molar-refractivity contribution in [3.05, 3.63) is 6.20 Å². The van der Waals surface area contributed by atoms with Crippen LogP contribution in [-0.2, 0) is 9.53 Å². The molecular weight excluding hydrogens is 244 g/mol. The molecule has 0 spiro atoms. The molecule has 0 aliphatic carbocycles. The first-order chi connectivity index (χ1) is 8.29. The van der Waals surface area contributed by atoms with E-state index in [9.17, 15) is 4.79 Å². The summed E-state index contributed by atoms with van der Waals surface area (Å²) in [5.74, 6) is 2.21. The second-order valence-electron chi connectivity index (χ2n) is 3.53. The van der Waals surface area contributed by atoms with E-state index < -0.39 is 0 Å². The fourth-order valence-corrected chi connectivity index (χ4v) is 2.37. The Kier molecular flexibility index (Phi) is 4.21. The van der Waals surface area contributed by atoms with Gasteiger partial charge in [-0.05, 0) is 0 Å². The van der Waals surface area contributed by atoms with Gasteiger partial charge in [0.15, 0.2) is 0 Å². The van der Waals surface area contributed by atoms with E-state index >= 15 is 0 Å². The van der Waals surface area contributed by atoms with Crippen LogP contribution in [0.3, 0.4) is 0 Å². The Hall–Kier alpha value is -1.28. The van der Waals surface area contributed by atoms with Gasteiger partial charge in [-0.25, -0.2) is 0 Å². The second-order valence-corrected chi connectivity index (χ2v) is 4.76. The van der Waals surface area contributed by atoms with E-state index in [-0.39, 0.29) is 12.5 Å². The van der Waals surface area contributed by atoms with Gasteiger partial charge in [-0.15, -0.1) is 0 Å². The van der Waals surface area contributed by atoms with Crippen molar-refractivity contribution in [2.75, 3.05) is 48.6 Å². The van der Waals surface area contributed by atoms with Crippen LogP contribution in [0.25, 0.3) is 0 Å². The van der Waals surface area contributed by atoms with E-state index in [1.165, 1.54) is 7.11 Å². The molecule has 1 aliphatic heterocycles. The summed E-state index contributed by atoms with van der Waals surface area (Å²) in [6.07, 6.45) is 1.66. The molecule has 7 nitrogen and oxygen atoms in total. The predicted molar refractivity (Wildman–Crippen MR) is 62.5 cm³/mol. The van der Waals surface area contributed by atoms with Crippen LogP contribution in [0.2, 0.25) is 0 Å². The summed E-state index contributed by atoms with van der Waals surface area (Å²) in [6.45, 7) is 1.85. The summed E-state index contributed by atoms with van der Waals surface area (Å²) < 4.78 is 9.72. The third-order valence-electron chi connectivity index (χ3n) is 2.27. The highest BCUT2D eigenvalue weighted by Crippen LogP contribution is 2.06. The number of amides is 1. The number of aromatic nitrogens is 2. The van der Waals surface area contributed by atoms with E-state index in [0.717, 1.165) is 24.6 Å². The Morgan fingerprint density at radius 3 is 3.18 bits per heavy atom. The molecule has 1 amide bonds. The summed E-state index contributed by atoms with van der Waals surface area (Å²) in [7, 11) is 1.46. The van der Waals surface area contributed by atoms with Crippen molar-refractivity contribution in [1.82, 2.24) is 5.27 Å². The molecule has 17 heavy (non-hydrogen) atoms. The number of hydrogen-bond donors (Lipinski definition) is 1. The number of hydrogen-bond acceptors (Lipinski definition) is 6. The molecule has 8 heteroatoms. The summed E-state index contributed by atoms with van der Waals surface area (Å²) in [5, 5.41) is 8.47. The summed E-state index contributed by atoms with van der Waals surface area (Å²) in [5.41, 5.74) is 0. The molecule has 0 radical (unpaired) electrons. The number of carbonyl (C=O) groups excluding carboxylic acids is 1. The maximum Gasteiger partial charge on any atom is 0.305 e. The number of anilines is 1. The van der Waals surface area contributed by atoms with E-state index in [1.54, 1.807) is 11.0 Å². The number of nitrogens with one attached hydrogen (secondary N) is 1. The molecule has 2 heterocycles. The van der Waals surface area contributed by atoms with E-state index in [0.29, 0.717) is 5.88 Å². The number of thioether (sulfide) groups is 1. The van der Waals surface area contributed by atoms with Crippen LogP contribution in [0.15, 0.2) is 10.7 Å². The lowest BCUT2D eigenvalue weighted by atomic mass is 10.6. The maximum absolute atomic E-state index is 11.2. The SMILES string of the molecule is COCC(=O)Nc1c[n+](N2CCSCC2)no1. The number of rotatable bonds is 4. The van der Waals surface area contributed by atoms with Gasteiger partial charge in [-0.3, -0.25) is 14.6 Å². The predicted octanol–water partition coefficient (Wildman–Crippen LogP) is -0.768. The van der Waals surface area contributed by atoms with Gasteiger partial charge in [0.25, 0.3) is 12.1 Å². The van der Waals surface area contributed by atoms with Gasteiger partial charge in [-0.2, -0.15) is 16.8 Å². The molecule has 1 N–H and O–H groups in total. The Balaban J connectivity index is 1.93. The van der Waals surface area contributed by atoms with Crippen LogP contribution in [0.4, 0.5) is 5.88 Å². The standard InChI is InChI=1S/C9H14N4O3S/c1-15-7-8(14)10-9-6-13(11-16-9)12-2-4-17-5-3-12/h6H,2-5,7H2,1H3/p+1. The van der Waals surface area contributed by atoms with Crippen LogP contribution in [-0.4, -0.2) is 49.5 Å². The number of methoxy groups -OCH3 is 1. The molecule has 1 aliphatic rings. The maximum atomic E-state index is 11.2. The van der Waals surface area contributed by atoms with Crippen molar-refractivity contribution >= 4 is 23.6 Å². The van der Waals surface area contributed by atoms with Crippen molar-refractivity contribution in [1.29, 1.82) is 0 Å². The molecule has 2 rings (SSSR count). The molecule has 1 aromatic rings. The quantitative estimate of drug-likeness (QED) is 0.716. The highest BCUT2D eigenvalue weighted by Gasteiger charge is 2.23. The third kappa shape index (κ3) is 3.34. The monoisotopic (exact) mass is 259 g/mol. The molecular formula is C9H15N4O3S+. The number of ether oxygens (including phenoxy) is 1. The smallest absolute Gasteiger partial charge is 0.305 e. The fraction of sp³-hybridized carbons (Fsp3) is 0.667. The van der Waals surface area contributed by atoms with Crippen molar-refractivity contribution < 1.29 is 18.8 Å². The van der Waals surface area contributed by atoms with E-state index in [1.807, 2.05) is 11.8 Å². The average Bonchev–Trinajstić information content (AvgIpc) is 2.79. The van der Waals surface area contributed by atoms with Gasteiger partial charge in [0.05, 0.1) is 17.9 Å². The zero-order valence-corrected chi connectivity index (χ0v) is 10.4. The lowest BCUT2D eigenvalue weighted by Crippen LogP contribution is -2.61. The van der Waals surface area contributed by atoms with Crippen molar-refractivity contribution in [3.8, 4) is 0 Å². The minimum atomic E-state index is -0.259. The van der Waals surface area contributed by atoms with E-state index in [4.69, 9.17) is 9.26 Å². The average molecular weight is 259 g/mol. The second kappa shape index (κ2) is 5.87. The molecule has 1 aromatic heterocycles. The highest BCUT2D eigenvalue weighted by molar-refractivity contribution is 7.99. The largest absolute Gasteiger partial charge is 0.375 e. The van der Waals surface area contributed by atoms with Crippen LogP contribution < -0.4 is 15.1 Å². The van der Waals surface area contributed by atoms with Crippen LogP contribution in [0, 0.1) is 0 Å². The summed E-state index contributed by atoms with van der Waals surface area (Å²) in [6, 6.07) is 0. The Morgan fingerprint density at radius 2 is 2.47 bits per heavy atom. The lowest BCUT2D eigenvalue weighted by molar-refractivity contribution is -0.757. The summed E-state index contributed by atoms with van der Waals surface area (Å²) >= 11 is 1.92. The Labute approximate surface area is 103 Å². The minimum absolute atomic E-state index is 0.00105. The first-order valence-corrected chi connectivity index (χ1v) is 6.45. The zero-order chi connectivity index (χ0) is 12.1.